The van der Waals surface area contributed by atoms with Crippen molar-refractivity contribution in [2.45, 2.75) is 44.3 Å². The molecule has 0 aromatic heterocycles. The molecule has 1 aromatic rings. The van der Waals surface area contributed by atoms with Crippen LogP contribution in [0.5, 0.6) is 0 Å². The average Bonchev–Trinajstić information content (AvgIpc) is 2.40. The van der Waals surface area contributed by atoms with Crippen LogP contribution in [0.3, 0.4) is 0 Å². The number of aliphatic hydroxyl groups is 1. The van der Waals surface area contributed by atoms with E-state index in [4.69, 9.17) is 4.74 Å². The number of hydrogen-bond donors (Lipinski definition) is 1. The zero-order valence-electron chi connectivity index (χ0n) is 10.2. The second-order valence-corrected chi connectivity index (χ2v) is 5.58. The molecule has 2 rings (SSSR count). The predicted molar refractivity (Wildman–Crippen MR) is 71.9 cm³/mol. The highest BCUT2D eigenvalue weighted by Gasteiger charge is 2.19. The van der Waals surface area contributed by atoms with Gasteiger partial charge >= 0.3 is 0 Å². The minimum absolute atomic E-state index is 0.226. The zero-order valence-corrected chi connectivity index (χ0v) is 11.8. The van der Waals surface area contributed by atoms with Crippen molar-refractivity contribution in [2.75, 3.05) is 6.61 Å². The molecule has 1 aliphatic heterocycles. The molecule has 0 spiro atoms. The summed E-state index contributed by atoms with van der Waals surface area (Å²) in [5.41, 5.74) is 0.361. The van der Waals surface area contributed by atoms with Gasteiger partial charge in [-0.1, -0.05) is 12.1 Å². The van der Waals surface area contributed by atoms with Gasteiger partial charge in [0.05, 0.1) is 16.7 Å². The van der Waals surface area contributed by atoms with Gasteiger partial charge in [-0.3, -0.25) is 0 Å². The van der Waals surface area contributed by atoms with Gasteiger partial charge in [-0.2, -0.15) is 0 Å². The number of ether oxygens (including phenoxy) is 1. The summed E-state index contributed by atoms with van der Waals surface area (Å²) in [6.45, 7) is 0.812. The molecule has 0 aliphatic carbocycles. The van der Waals surface area contributed by atoms with Crippen molar-refractivity contribution >= 4 is 15.9 Å². The van der Waals surface area contributed by atoms with Gasteiger partial charge in [-0.25, -0.2) is 4.39 Å². The third-order valence-corrected chi connectivity index (χ3v) is 3.99. The summed E-state index contributed by atoms with van der Waals surface area (Å²) in [5.74, 6) is -0.366. The van der Waals surface area contributed by atoms with E-state index >= 15 is 0 Å². The van der Waals surface area contributed by atoms with Gasteiger partial charge in [0, 0.05) is 12.2 Å². The second kappa shape index (κ2) is 6.64. The molecule has 0 amide bonds. The summed E-state index contributed by atoms with van der Waals surface area (Å²) >= 11 is 3.13. The van der Waals surface area contributed by atoms with Gasteiger partial charge in [-0.05, 0) is 54.1 Å². The largest absolute Gasteiger partial charge is 0.388 e. The highest BCUT2D eigenvalue weighted by atomic mass is 79.9. The van der Waals surface area contributed by atoms with Crippen molar-refractivity contribution < 1.29 is 14.2 Å². The average molecular weight is 317 g/mol. The van der Waals surface area contributed by atoms with Gasteiger partial charge in [0.1, 0.15) is 5.82 Å². The van der Waals surface area contributed by atoms with Crippen molar-refractivity contribution in [3.05, 3.63) is 34.1 Å². The molecule has 1 heterocycles. The molecule has 2 atom stereocenters. The molecule has 1 aliphatic rings. The van der Waals surface area contributed by atoms with E-state index in [-0.39, 0.29) is 11.9 Å². The number of aliphatic hydroxyl groups excluding tert-OH is 1. The molecule has 1 N–H and O–H groups in total. The van der Waals surface area contributed by atoms with Crippen LogP contribution in [0.2, 0.25) is 0 Å². The van der Waals surface area contributed by atoms with E-state index in [1.165, 1.54) is 6.42 Å². The van der Waals surface area contributed by atoms with Gasteiger partial charge < -0.3 is 9.84 Å². The molecule has 4 heteroatoms. The summed E-state index contributed by atoms with van der Waals surface area (Å²) in [5, 5.41) is 10.0. The third kappa shape index (κ3) is 3.53. The Morgan fingerprint density at radius 3 is 3.00 bits per heavy atom. The Morgan fingerprint density at radius 1 is 1.44 bits per heavy atom. The number of benzene rings is 1. The summed E-state index contributed by atoms with van der Waals surface area (Å²) < 4.78 is 19.8. The molecule has 0 saturated carbocycles. The van der Waals surface area contributed by atoms with Gasteiger partial charge in [0.15, 0.2) is 0 Å². The lowest BCUT2D eigenvalue weighted by molar-refractivity contribution is 0.00189. The summed E-state index contributed by atoms with van der Waals surface area (Å²) in [7, 11) is 0. The molecule has 100 valence electrons. The van der Waals surface area contributed by atoms with Gasteiger partial charge in [0.25, 0.3) is 0 Å². The fourth-order valence-electron chi connectivity index (χ4n) is 2.31. The lowest BCUT2D eigenvalue weighted by atomic mass is 9.99. The number of hydrogen-bond acceptors (Lipinski definition) is 2. The topological polar surface area (TPSA) is 29.5 Å². The fourth-order valence-corrected chi connectivity index (χ4v) is 2.69. The van der Waals surface area contributed by atoms with Crippen molar-refractivity contribution in [2.24, 2.45) is 0 Å². The maximum absolute atomic E-state index is 13.8. The zero-order chi connectivity index (χ0) is 13.0. The Balaban J connectivity index is 1.90. The monoisotopic (exact) mass is 316 g/mol. The maximum Gasteiger partial charge on any atom is 0.143 e. The van der Waals surface area contributed by atoms with Crippen LogP contribution in [0, 0.1) is 5.82 Å². The van der Waals surface area contributed by atoms with Crippen LogP contribution in [0.15, 0.2) is 22.7 Å². The first-order valence-electron chi connectivity index (χ1n) is 6.42. The third-order valence-electron chi connectivity index (χ3n) is 3.38. The molecule has 2 nitrogen and oxygen atoms in total. The molecular formula is C14H18BrFO2. The summed E-state index contributed by atoms with van der Waals surface area (Å²) in [6.07, 6.45) is 4.15. The first-order valence-corrected chi connectivity index (χ1v) is 7.21. The van der Waals surface area contributed by atoms with Crippen LogP contribution in [0.1, 0.15) is 43.8 Å². The summed E-state index contributed by atoms with van der Waals surface area (Å²) in [6, 6.07) is 5.01. The van der Waals surface area contributed by atoms with Crippen LogP contribution in [-0.4, -0.2) is 17.8 Å². The first-order chi connectivity index (χ1) is 8.68. The molecule has 0 bridgehead atoms. The number of rotatable bonds is 4. The number of halogens is 2. The van der Waals surface area contributed by atoms with Crippen LogP contribution >= 0.6 is 15.9 Å². The van der Waals surface area contributed by atoms with Crippen molar-refractivity contribution in [3.8, 4) is 0 Å². The smallest absolute Gasteiger partial charge is 0.143 e. The molecule has 1 aromatic carbocycles. The predicted octanol–water partition coefficient (Wildman–Crippen LogP) is 3.97. The molecule has 1 fully saturated rings. The Morgan fingerprint density at radius 2 is 2.28 bits per heavy atom. The van der Waals surface area contributed by atoms with Crippen LogP contribution in [-0.2, 0) is 4.74 Å². The normalized spacial score (nSPS) is 21.8. The highest BCUT2D eigenvalue weighted by molar-refractivity contribution is 9.10. The molecular weight excluding hydrogens is 299 g/mol. The van der Waals surface area contributed by atoms with Crippen LogP contribution < -0.4 is 0 Å². The summed E-state index contributed by atoms with van der Waals surface area (Å²) in [4.78, 5) is 0. The van der Waals surface area contributed by atoms with E-state index in [9.17, 15) is 9.50 Å². The van der Waals surface area contributed by atoms with E-state index in [1.807, 2.05) is 0 Å². The second-order valence-electron chi connectivity index (χ2n) is 4.72. The quantitative estimate of drug-likeness (QED) is 0.910. The molecule has 0 radical (unpaired) electrons. The van der Waals surface area contributed by atoms with Crippen LogP contribution in [0.25, 0.3) is 0 Å². The maximum atomic E-state index is 13.8. The minimum atomic E-state index is -0.756. The fraction of sp³-hybridized carbons (Fsp3) is 0.571. The van der Waals surface area contributed by atoms with Crippen molar-refractivity contribution in [1.29, 1.82) is 0 Å². The Bertz CT molecular complexity index is 391. The SMILES string of the molecule is OC(CCC1CCCCO1)c1cccc(Br)c1F. The van der Waals surface area contributed by atoms with Gasteiger partial charge in [-0.15, -0.1) is 0 Å². The van der Waals surface area contributed by atoms with E-state index in [1.54, 1.807) is 18.2 Å². The Kier molecular flexibility index (Phi) is 5.15. The standard InChI is InChI=1S/C14H18BrFO2/c15-12-6-3-5-11(14(12)16)13(17)8-7-10-4-1-2-9-18-10/h3,5-6,10,13,17H,1-2,4,7-9H2. The van der Waals surface area contributed by atoms with E-state index in [2.05, 4.69) is 15.9 Å². The van der Waals surface area contributed by atoms with Crippen molar-refractivity contribution in [3.63, 3.8) is 0 Å². The molecule has 1 saturated heterocycles. The van der Waals surface area contributed by atoms with E-state index in [0.29, 0.717) is 16.5 Å². The molecule has 18 heavy (non-hydrogen) atoms. The minimum Gasteiger partial charge on any atom is -0.388 e. The molecule has 2 unspecified atom stereocenters. The van der Waals surface area contributed by atoms with E-state index < -0.39 is 6.10 Å². The van der Waals surface area contributed by atoms with Gasteiger partial charge in [0.2, 0.25) is 0 Å². The lowest BCUT2D eigenvalue weighted by Crippen LogP contribution is -2.19. The first kappa shape index (κ1) is 14.0. The van der Waals surface area contributed by atoms with Crippen molar-refractivity contribution in [1.82, 2.24) is 0 Å². The lowest BCUT2D eigenvalue weighted by Gasteiger charge is -2.23. The Hall–Kier alpha value is -0.450. The highest BCUT2D eigenvalue weighted by Crippen LogP contribution is 2.28. The van der Waals surface area contributed by atoms with E-state index in [0.717, 1.165) is 25.9 Å². The van der Waals surface area contributed by atoms with Crippen LogP contribution in [0.4, 0.5) is 4.39 Å². The Labute approximate surface area is 115 Å².